The van der Waals surface area contributed by atoms with Gasteiger partial charge >= 0.3 is 0 Å². The second-order valence-electron chi connectivity index (χ2n) is 5.38. The Kier molecular flexibility index (Phi) is 4.02. The van der Waals surface area contributed by atoms with Gasteiger partial charge in [0.05, 0.1) is 12.3 Å². The fourth-order valence-electron chi connectivity index (χ4n) is 2.61. The number of aliphatic hydroxyl groups is 1. The zero-order valence-corrected chi connectivity index (χ0v) is 12.4. The van der Waals surface area contributed by atoms with E-state index in [0.29, 0.717) is 0 Å². The fraction of sp³-hybridized carbons (Fsp3) is 0.312. The zero-order valence-electron chi connectivity index (χ0n) is 12.4. The SMILES string of the molecule is CN1CCc2cc(C(O)CNC(=O)c3cnccn3)ccc21. The maximum Gasteiger partial charge on any atom is 0.271 e. The molecule has 0 fully saturated rings. The Bertz CT molecular complexity index is 675. The topological polar surface area (TPSA) is 78.4 Å². The van der Waals surface area contributed by atoms with Crippen LogP contribution in [0.3, 0.4) is 0 Å². The van der Waals surface area contributed by atoms with Crippen LogP contribution in [0.15, 0.2) is 36.8 Å². The number of nitrogens with zero attached hydrogens (tertiary/aromatic N) is 3. The number of carbonyl (C=O) groups excluding carboxylic acids is 1. The fourth-order valence-corrected chi connectivity index (χ4v) is 2.61. The molecule has 22 heavy (non-hydrogen) atoms. The van der Waals surface area contributed by atoms with Gasteiger partial charge in [0, 0.05) is 38.2 Å². The summed E-state index contributed by atoms with van der Waals surface area (Å²) in [7, 11) is 2.06. The predicted octanol–water partition coefficient (Wildman–Crippen LogP) is 0.932. The van der Waals surface area contributed by atoms with Crippen molar-refractivity contribution in [2.24, 2.45) is 0 Å². The molecule has 6 heteroatoms. The van der Waals surface area contributed by atoms with Crippen LogP contribution in [-0.4, -0.2) is 41.1 Å². The van der Waals surface area contributed by atoms with Crippen LogP contribution in [0.4, 0.5) is 5.69 Å². The van der Waals surface area contributed by atoms with Crippen LogP contribution in [0, 0.1) is 0 Å². The first kappa shape index (κ1) is 14.5. The highest BCUT2D eigenvalue weighted by Crippen LogP contribution is 2.29. The number of amides is 1. The van der Waals surface area contributed by atoms with Crippen molar-refractivity contribution in [3.05, 3.63) is 53.6 Å². The molecule has 1 unspecified atom stereocenters. The number of anilines is 1. The van der Waals surface area contributed by atoms with E-state index in [1.807, 2.05) is 18.2 Å². The molecule has 0 aliphatic carbocycles. The molecule has 1 aromatic heterocycles. The summed E-state index contributed by atoms with van der Waals surface area (Å²) in [6, 6.07) is 5.93. The Hall–Kier alpha value is -2.47. The minimum absolute atomic E-state index is 0.143. The van der Waals surface area contributed by atoms with Crippen LogP contribution in [-0.2, 0) is 6.42 Å². The second kappa shape index (κ2) is 6.11. The number of nitrogens with one attached hydrogen (secondary N) is 1. The second-order valence-corrected chi connectivity index (χ2v) is 5.38. The van der Waals surface area contributed by atoms with Gasteiger partial charge in [-0.25, -0.2) is 4.98 Å². The number of aliphatic hydroxyl groups excluding tert-OH is 1. The molecule has 114 valence electrons. The lowest BCUT2D eigenvalue weighted by Gasteiger charge is -2.15. The monoisotopic (exact) mass is 298 g/mol. The highest BCUT2D eigenvalue weighted by Gasteiger charge is 2.18. The molecule has 1 aliphatic heterocycles. The van der Waals surface area contributed by atoms with Crippen LogP contribution < -0.4 is 10.2 Å². The first-order valence-electron chi connectivity index (χ1n) is 7.21. The van der Waals surface area contributed by atoms with Gasteiger partial charge in [-0.3, -0.25) is 9.78 Å². The Morgan fingerprint density at radius 1 is 1.45 bits per heavy atom. The van der Waals surface area contributed by atoms with Crippen LogP contribution in [0.25, 0.3) is 0 Å². The highest BCUT2D eigenvalue weighted by molar-refractivity contribution is 5.91. The van der Waals surface area contributed by atoms with Crippen LogP contribution in [0.2, 0.25) is 0 Å². The summed E-state index contributed by atoms with van der Waals surface area (Å²) in [6.45, 7) is 1.14. The van der Waals surface area contributed by atoms with Gasteiger partial charge in [-0.2, -0.15) is 0 Å². The molecule has 3 rings (SSSR count). The van der Waals surface area contributed by atoms with Crippen LogP contribution in [0.5, 0.6) is 0 Å². The van der Waals surface area contributed by atoms with Crippen molar-refractivity contribution in [1.82, 2.24) is 15.3 Å². The summed E-state index contributed by atoms with van der Waals surface area (Å²) in [6.07, 6.45) is 4.61. The van der Waals surface area contributed by atoms with Gasteiger partial charge in [-0.15, -0.1) is 0 Å². The molecule has 0 saturated carbocycles. The highest BCUT2D eigenvalue weighted by atomic mass is 16.3. The minimum Gasteiger partial charge on any atom is -0.387 e. The van der Waals surface area contributed by atoms with Crippen molar-refractivity contribution in [3.63, 3.8) is 0 Å². The lowest BCUT2D eigenvalue weighted by atomic mass is 10.0. The molecule has 2 heterocycles. The largest absolute Gasteiger partial charge is 0.387 e. The van der Waals surface area contributed by atoms with E-state index in [1.165, 1.54) is 29.8 Å². The summed E-state index contributed by atoms with van der Waals surface area (Å²) in [4.78, 5) is 21.8. The van der Waals surface area contributed by atoms with E-state index in [9.17, 15) is 9.90 Å². The number of fused-ring (bicyclic) bond motifs is 1. The summed E-state index contributed by atoms with van der Waals surface area (Å²) >= 11 is 0. The standard InChI is InChI=1S/C16H18N4O2/c1-20-7-4-11-8-12(2-3-14(11)20)15(21)10-19-16(22)13-9-17-5-6-18-13/h2-3,5-6,8-9,15,21H,4,7,10H2,1H3,(H,19,22). The number of aromatic nitrogens is 2. The number of benzene rings is 1. The maximum absolute atomic E-state index is 11.9. The molecule has 2 aromatic rings. The lowest BCUT2D eigenvalue weighted by Crippen LogP contribution is -2.29. The van der Waals surface area contributed by atoms with Gasteiger partial charge < -0.3 is 15.3 Å². The Morgan fingerprint density at radius 2 is 2.32 bits per heavy atom. The van der Waals surface area contributed by atoms with E-state index in [1.54, 1.807) is 0 Å². The summed E-state index contributed by atoms with van der Waals surface area (Å²) in [5, 5.41) is 12.9. The molecule has 0 saturated heterocycles. The summed E-state index contributed by atoms with van der Waals surface area (Å²) in [5.41, 5.74) is 3.50. The van der Waals surface area contributed by atoms with E-state index in [0.717, 1.165) is 18.5 Å². The van der Waals surface area contributed by atoms with Crippen molar-refractivity contribution in [2.75, 3.05) is 25.0 Å². The minimum atomic E-state index is -0.739. The molecule has 0 spiro atoms. The molecule has 6 nitrogen and oxygen atoms in total. The first-order chi connectivity index (χ1) is 10.6. The zero-order chi connectivity index (χ0) is 15.5. The molecule has 0 bridgehead atoms. The summed E-state index contributed by atoms with van der Waals surface area (Å²) in [5.74, 6) is -0.340. The van der Waals surface area contributed by atoms with Crippen molar-refractivity contribution in [1.29, 1.82) is 0 Å². The number of carbonyl (C=O) groups is 1. The average Bonchev–Trinajstić information content (AvgIpc) is 2.93. The Balaban J connectivity index is 1.63. The number of likely N-dealkylation sites (N-methyl/N-ethyl adjacent to an activating group) is 1. The van der Waals surface area contributed by atoms with E-state index >= 15 is 0 Å². The Labute approximate surface area is 128 Å². The van der Waals surface area contributed by atoms with E-state index in [2.05, 4.69) is 27.2 Å². The van der Waals surface area contributed by atoms with Crippen molar-refractivity contribution in [2.45, 2.75) is 12.5 Å². The average molecular weight is 298 g/mol. The van der Waals surface area contributed by atoms with Crippen LogP contribution in [0.1, 0.15) is 27.7 Å². The molecule has 2 N–H and O–H groups in total. The number of rotatable bonds is 4. The van der Waals surface area contributed by atoms with E-state index in [-0.39, 0.29) is 18.1 Å². The molecule has 1 aromatic carbocycles. The normalized spacial score (nSPS) is 14.5. The molecule has 0 radical (unpaired) electrons. The van der Waals surface area contributed by atoms with Crippen LogP contribution >= 0.6 is 0 Å². The first-order valence-corrected chi connectivity index (χ1v) is 7.21. The van der Waals surface area contributed by atoms with Gasteiger partial charge in [-0.05, 0) is 23.6 Å². The number of hydrogen-bond acceptors (Lipinski definition) is 5. The van der Waals surface area contributed by atoms with E-state index in [4.69, 9.17) is 0 Å². The third-order valence-electron chi connectivity index (χ3n) is 3.87. The maximum atomic E-state index is 11.9. The predicted molar refractivity (Wildman–Crippen MR) is 82.7 cm³/mol. The molecule has 1 aliphatic rings. The van der Waals surface area contributed by atoms with Gasteiger partial charge in [0.1, 0.15) is 5.69 Å². The molecular formula is C16H18N4O2. The van der Waals surface area contributed by atoms with Gasteiger partial charge in [0.25, 0.3) is 5.91 Å². The molecule has 1 amide bonds. The van der Waals surface area contributed by atoms with Gasteiger partial charge in [-0.1, -0.05) is 12.1 Å². The Morgan fingerprint density at radius 3 is 3.09 bits per heavy atom. The quantitative estimate of drug-likeness (QED) is 0.878. The third kappa shape index (κ3) is 2.92. The number of hydrogen-bond donors (Lipinski definition) is 2. The summed E-state index contributed by atoms with van der Waals surface area (Å²) < 4.78 is 0. The van der Waals surface area contributed by atoms with E-state index < -0.39 is 6.10 Å². The molecular weight excluding hydrogens is 280 g/mol. The smallest absolute Gasteiger partial charge is 0.271 e. The van der Waals surface area contributed by atoms with Crippen molar-refractivity contribution in [3.8, 4) is 0 Å². The van der Waals surface area contributed by atoms with Gasteiger partial charge in [0.15, 0.2) is 0 Å². The van der Waals surface area contributed by atoms with Crippen molar-refractivity contribution < 1.29 is 9.90 Å². The van der Waals surface area contributed by atoms with Gasteiger partial charge in [0.2, 0.25) is 0 Å². The third-order valence-corrected chi connectivity index (χ3v) is 3.87. The van der Waals surface area contributed by atoms with Crippen molar-refractivity contribution >= 4 is 11.6 Å². The lowest BCUT2D eigenvalue weighted by molar-refractivity contribution is 0.0911. The molecule has 1 atom stereocenters.